The summed E-state index contributed by atoms with van der Waals surface area (Å²) in [5.41, 5.74) is 2.58. The predicted octanol–water partition coefficient (Wildman–Crippen LogP) is 3.09. The minimum atomic E-state index is -0.459. The van der Waals surface area contributed by atoms with Crippen molar-refractivity contribution in [2.45, 2.75) is 6.42 Å². The maximum atomic E-state index is 12.4. The number of benzene rings is 2. The molecule has 1 aliphatic rings. The lowest BCUT2D eigenvalue weighted by molar-refractivity contribution is -0.384. The van der Waals surface area contributed by atoms with E-state index in [0.717, 1.165) is 0 Å². The highest BCUT2D eigenvalue weighted by molar-refractivity contribution is 6.17. The Balaban J connectivity index is 2.06. The first-order chi connectivity index (χ1) is 11.5. The number of nitrogens with zero attached hydrogens (tertiary/aromatic N) is 3. The van der Waals surface area contributed by atoms with Crippen LogP contribution in [0.3, 0.4) is 0 Å². The van der Waals surface area contributed by atoms with E-state index < -0.39 is 4.92 Å². The summed E-state index contributed by atoms with van der Waals surface area (Å²) in [5.74, 6) is 0.529. The molecule has 0 bridgehead atoms. The quantitative estimate of drug-likeness (QED) is 0.641. The molecule has 7 nitrogen and oxygen atoms in total. The molecule has 2 aromatic carbocycles. The molecule has 0 spiro atoms. The number of hydrogen-bond acceptors (Lipinski definition) is 5. The van der Waals surface area contributed by atoms with Gasteiger partial charge in [0.2, 0.25) is 5.91 Å². The molecule has 7 heteroatoms. The first-order valence-electron chi connectivity index (χ1n) is 7.26. The van der Waals surface area contributed by atoms with E-state index in [1.165, 1.54) is 12.1 Å². The maximum Gasteiger partial charge on any atom is 0.269 e. The van der Waals surface area contributed by atoms with Crippen molar-refractivity contribution < 1.29 is 14.5 Å². The van der Waals surface area contributed by atoms with Crippen LogP contribution in [0.4, 0.5) is 17.1 Å². The summed E-state index contributed by atoms with van der Waals surface area (Å²) in [6.45, 7) is 0. The summed E-state index contributed by atoms with van der Waals surface area (Å²) in [4.78, 5) is 28.9. The molecule has 0 N–H and O–H groups in total. The van der Waals surface area contributed by atoms with E-state index in [-0.39, 0.29) is 18.0 Å². The number of amides is 1. The van der Waals surface area contributed by atoms with Crippen molar-refractivity contribution >= 4 is 28.7 Å². The summed E-state index contributed by atoms with van der Waals surface area (Å²) in [6.07, 6.45) is 0.116. The maximum absolute atomic E-state index is 12.4. The Hall–Kier alpha value is -3.22. The largest absolute Gasteiger partial charge is 0.497 e. The molecule has 0 unspecified atom stereocenters. The van der Waals surface area contributed by atoms with E-state index in [9.17, 15) is 14.9 Å². The van der Waals surface area contributed by atoms with Gasteiger partial charge in [0.25, 0.3) is 5.69 Å². The smallest absolute Gasteiger partial charge is 0.269 e. The molecule has 1 amide bonds. The van der Waals surface area contributed by atoms with E-state index in [1.807, 2.05) is 0 Å². The Bertz CT molecular complexity index is 843. The number of non-ortho nitro benzene ring substituents is 1. The van der Waals surface area contributed by atoms with Gasteiger partial charge in [-0.05, 0) is 29.8 Å². The van der Waals surface area contributed by atoms with Gasteiger partial charge in [0.15, 0.2) is 0 Å². The van der Waals surface area contributed by atoms with Gasteiger partial charge in [0.1, 0.15) is 5.75 Å². The monoisotopic (exact) mass is 325 g/mol. The van der Waals surface area contributed by atoms with Gasteiger partial charge in [-0.1, -0.05) is 0 Å². The van der Waals surface area contributed by atoms with Crippen LogP contribution in [-0.2, 0) is 4.79 Å². The van der Waals surface area contributed by atoms with Crippen molar-refractivity contribution in [1.29, 1.82) is 0 Å². The molecular formula is C17H15N3O4. The fourth-order valence-electron chi connectivity index (χ4n) is 2.52. The molecule has 122 valence electrons. The summed E-state index contributed by atoms with van der Waals surface area (Å²) >= 11 is 0. The van der Waals surface area contributed by atoms with Crippen LogP contribution in [0.5, 0.6) is 5.75 Å². The number of carbonyl (C=O) groups is 1. The topological polar surface area (TPSA) is 85.0 Å². The highest BCUT2D eigenvalue weighted by atomic mass is 16.6. The number of anilines is 1. The lowest BCUT2D eigenvalue weighted by Crippen LogP contribution is -2.27. The fraction of sp³-hybridized carbons (Fsp3) is 0.176. The van der Waals surface area contributed by atoms with E-state index in [4.69, 9.17) is 4.74 Å². The second-order valence-corrected chi connectivity index (χ2v) is 5.35. The molecule has 1 heterocycles. The molecule has 0 aromatic heterocycles. The Morgan fingerprint density at radius 1 is 1.21 bits per heavy atom. The summed E-state index contributed by atoms with van der Waals surface area (Å²) in [6, 6.07) is 11.4. The molecule has 0 aliphatic carbocycles. The number of nitro groups is 1. The fourth-order valence-corrected chi connectivity index (χ4v) is 2.52. The van der Waals surface area contributed by atoms with Crippen LogP contribution >= 0.6 is 0 Å². The summed E-state index contributed by atoms with van der Waals surface area (Å²) < 4.78 is 5.20. The van der Waals surface area contributed by atoms with E-state index in [2.05, 4.69) is 4.99 Å². The number of hydrogen-bond donors (Lipinski definition) is 0. The number of rotatable bonds is 3. The number of aliphatic imine (C=N–C) groups is 1. The molecule has 1 aliphatic heterocycles. The SMILES string of the molecule is COc1ccc2c(c1)N(C)C(=O)CC(c1ccc([N+](=O)[O-])cc1)=N2. The number of carbonyl (C=O) groups excluding carboxylic acids is 1. The Morgan fingerprint density at radius 2 is 1.92 bits per heavy atom. The second kappa shape index (κ2) is 6.11. The molecule has 0 radical (unpaired) electrons. The van der Waals surface area contributed by atoms with Gasteiger partial charge in [-0.3, -0.25) is 19.9 Å². The van der Waals surface area contributed by atoms with Crippen molar-refractivity contribution in [3.8, 4) is 5.75 Å². The highest BCUT2D eigenvalue weighted by Gasteiger charge is 2.23. The number of fused-ring (bicyclic) bond motifs is 1. The average Bonchev–Trinajstić information content (AvgIpc) is 2.72. The third-order valence-electron chi connectivity index (χ3n) is 3.90. The first kappa shape index (κ1) is 15.7. The van der Waals surface area contributed by atoms with Gasteiger partial charge in [-0.2, -0.15) is 0 Å². The average molecular weight is 325 g/mol. The zero-order chi connectivity index (χ0) is 17.3. The normalized spacial score (nSPS) is 13.8. The van der Waals surface area contributed by atoms with Crippen LogP contribution in [-0.4, -0.2) is 30.7 Å². The lowest BCUT2D eigenvalue weighted by Gasteiger charge is -2.17. The van der Waals surface area contributed by atoms with Gasteiger partial charge in [0.05, 0.1) is 35.5 Å². The van der Waals surface area contributed by atoms with Crippen molar-refractivity contribution in [2.24, 2.45) is 4.99 Å². The van der Waals surface area contributed by atoms with Crippen molar-refractivity contribution in [2.75, 3.05) is 19.1 Å². The van der Waals surface area contributed by atoms with E-state index in [1.54, 1.807) is 49.4 Å². The van der Waals surface area contributed by atoms with Crippen LogP contribution in [0, 0.1) is 10.1 Å². The third kappa shape index (κ3) is 2.83. The first-order valence-corrected chi connectivity index (χ1v) is 7.26. The number of ether oxygens (including phenoxy) is 1. The number of methoxy groups -OCH3 is 1. The van der Waals surface area contributed by atoms with Crippen LogP contribution < -0.4 is 9.64 Å². The van der Waals surface area contributed by atoms with Gasteiger partial charge in [-0.25, -0.2) is 0 Å². The molecular weight excluding hydrogens is 310 g/mol. The van der Waals surface area contributed by atoms with E-state index in [0.29, 0.717) is 28.4 Å². The van der Waals surface area contributed by atoms with Crippen LogP contribution in [0.1, 0.15) is 12.0 Å². The van der Waals surface area contributed by atoms with Gasteiger partial charge < -0.3 is 9.64 Å². The van der Waals surface area contributed by atoms with Crippen LogP contribution in [0.2, 0.25) is 0 Å². The molecule has 0 fully saturated rings. The third-order valence-corrected chi connectivity index (χ3v) is 3.90. The van der Waals surface area contributed by atoms with E-state index >= 15 is 0 Å². The van der Waals surface area contributed by atoms with Crippen LogP contribution in [0.25, 0.3) is 0 Å². The van der Waals surface area contributed by atoms with Crippen LogP contribution in [0.15, 0.2) is 47.5 Å². The zero-order valence-electron chi connectivity index (χ0n) is 13.2. The number of nitro benzene ring substituents is 1. The van der Waals surface area contributed by atoms with Crippen molar-refractivity contribution in [3.63, 3.8) is 0 Å². The predicted molar refractivity (Wildman–Crippen MR) is 90.3 cm³/mol. The molecule has 2 aromatic rings. The molecule has 3 rings (SSSR count). The minimum absolute atomic E-state index is 0.00144. The Kier molecular flexibility index (Phi) is 3.99. The Labute approximate surface area is 138 Å². The second-order valence-electron chi connectivity index (χ2n) is 5.35. The Morgan fingerprint density at radius 3 is 2.54 bits per heavy atom. The van der Waals surface area contributed by atoms with Gasteiger partial charge in [-0.15, -0.1) is 0 Å². The summed E-state index contributed by atoms with van der Waals surface area (Å²) in [5, 5.41) is 10.8. The standard InChI is InChI=1S/C17H15N3O4/c1-19-16-9-13(24-2)7-8-14(16)18-15(10-17(19)21)11-3-5-12(6-4-11)20(22)23/h3-9H,10H2,1-2H3. The van der Waals surface area contributed by atoms with Gasteiger partial charge in [0, 0.05) is 25.2 Å². The highest BCUT2D eigenvalue weighted by Crippen LogP contribution is 2.35. The molecule has 0 saturated heterocycles. The van der Waals surface area contributed by atoms with Crippen molar-refractivity contribution in [3.05, 3.63) is 58.1 Å². The minimum Gasteiger partial charge on any atom is -0.497 e. The van der Waals surface area contributed by atoms with Gasteiger partial charge >= 0.3 is 0 Å². The molecule has 0 saturated carbocycles. The molecule has 0 atom stereocenters. The lowest BCUT2D eigenvalue weighted by atomic mass is 10.1. The van der Waals surface area contributed by atoms with Crippen molar-refractivity contribution in [1.82, 2.24) is 0 Å². The summed E-state index contributed by atoms with van der Waals surface area (Å²) in [7, 11) is 3.25. The zero-order valence-corrected chi connectivity index (χ0v) is 13.2. The molecule has 24 heavy (non-hydrogen) atoms.